The van der Waals surface area contributed by atoms with E-state index in [2.05, 4.69) is 4.90 Å². The maximum Gasteiger partial charge on any atom is 0.269 e. The van der Waals surface area contributed by atoms with Crippen molar-refractivity contribution in [1.29, 1.82) is 0 Å². The quantitative estimate of drug-likeness (QED) is 0.155. The maximum absolute atomic E-state index is 14.0. The second-order valence-corrected chi connectivity index (χ2v) is 14.6. The highest BCUT2D eigenvalue weighted by molar-refractivity contribution is 7.90. The summed E-state index contributed by atoms with van der Waals surface area (Å²) in [4.78, 5) is 20.4. The number of rotatable bonds is 9. The van der Waals surface area contributed by atoms with Gasteiger partial charge in [0.25, 0.3) is 15.6 Å². The third-order valence-electron chi connectivity index (χ3n) is 8.66. The Morgan fingerprint density at radius 1 is 0.917 bits per heavy atom. The van der Waals surface area contributed by atoms with Gasteiger partial charge in [0.05, 0.1) is 46.1 Å². The molecule has 11 heteroatoms. The molecule has 0 radical (unpaired) electrons. The van der Waals surface area contributed by atoms with Gasteiger partial charge in [0, 0.05) is 42.5 Å². The molecule has 1 saturated heterocycles. The van der Waals surface area contributed by atoms with E-state index in [0.717, 1.165) is 35.3 Å². The average molecular weight is 700 g/mol. The summed E-state index contributed by atoms with van der Waals surface area (Å²) in [7, 11) is -4.00. The molecule has 1 fully saturated rings. The predicted octanol–water partition coefficient (Wildman–Crippen LogP) is 7.56. The summed E-state index contributed by atoms with van der Waals surface area (Å²) in [5.41, 5.74) is 4.96. The summed E-state index contributed by atoms with van der Waals surface area (Å²) < 4.78 is 36.9. The number of halogens is 2. The fraction of sp³-hybridized carbons (Fsp3) is 0.189. The van der Waals surface area contributed by atoms with Crippen molar-refractivity contribution >= 4 is 49.9 Å². The summed E-state index contributed by atoms with van der Waals surface area (Å²) in [5.74, 6) is 0. The molecule has 3 aromatic carbocycles. The lowest BCUT2D eigenvalue weighted by atomic mass is 10.1. The minimum absolute atomic E-state index is 0.0509. The first-order chi connectivity index (χ1) is 23.2. The molecular formula is C37H32Cl2N4O4S. The molecule has 1 aliphatic rings. The lowest BCUT2D eigenvalue weighted by Crippen LogP contribution is -2.23. The molecule has 1 aliphatic heterocycles. The van der Waals surface area contributed by atoms with Gasteiger partial charge in [-0.2, -0.15) is 0 Å². The number of pyridine rings is 2. The average Bonchev–Trinajstić information content (AvgIpc) is 3.72. The summed E-state index contributed by atoms with van der Waals surface area (Å²) in [6, 6.07) is 27.3. The molecule has 1 unspecified atom stereocenters. The van der Waals surface area contributed by atoms with Crippen LogP contribution in [0.15, 0.2) is 119 Å². The fourth-order valence-electron chi connectivity index (χ4n) is 6.01. The Balaban J connectivity index is 1.24. The highest BCUT2D eigenvalue weighted by atomic mass is 35.5. The van der Waals surface area contributed by atoms with Crippen LogP contribution in [0.3, 0.4) is 0 Å². The van der Waals surface area contributed by atoms with Crippen LogP contribution in [0.1, 0.15) is 23.1 Å². The van der Waals surface area contributed by atoms with Crippen LogP contribution >= 0.6 is 23.2 Å². The molecular weight excluding hydrogens is 667 g/mol. The number of ether oxygens (including phenoxy) is 1. The molecule has 0 amide bonds. The minimum atomic E-state index is -4.00. The van der Waals surface area contributed by atoms with Gasteiger partial charge in [-0.05, 0) is 66.4 Å². The van der Waals surface area contributed by atoms with Gasteiger partial charge in [0.1, 0.15) is 0 Å². The second kappa shape index (κ2) is 13.2. The first-order valence-electron chi connectivity index (χ1n) is 15.5. The lowest BCUT2D eigenvalue weighted by Gasteiger charge is -2.19. The van der Waals surface area contributed by atoms with E-state index in [1.165, 1.54) is 10.0 Å². The zero-order chi connectivity index (χ0) is 33.4. The van der Waals surface area contributed by atoms with E-state index in [1.54, 1.807) is 59.6 Å². The highest BCUT2D eigenvalue weighted by Crippen LogP contribution is 2.35. The van der Waals surface area contributed by atoms with Gasteiger partial charge in [-0.1, -0.05) is 77.3 Å². The molecule has 8 nitrogen and oxygen atoms in total. The van der Waals surface area contributed by atoms with Crippen molar-refractivity contribution in [3.63, 3.8) is 0 Å². The lowest BCUT2D eigenvalue weighted by molar-refractivity contribution is 0.0553. The Bertz CT molecular complexity index is 2290. The van der Waals surface area contributed by atoms with Gasteiger partial charge >= 0.3 is 0 Å². The van der Waals surface area contributed by atoms with Gasteiger partial charge < -0.3 is 14.2 Å². The third-order valence-corrected chi connectivity index (χ3v) is 11.1. The largest absolute Gasteiger partial charge is 0.372 e. The number of nitrogens with zero attached hydrogens (tertiary/aromatic N) is 4. The van der Waals surface area contributed by atoms with Crippen LogP contribution in [-0.2, 0) is 27.9 Å². The summed E-state index contributed by atoms with van der Waals surface area (Å²) in [6.07, 6.45) is 5.88. The molecule has 0 aliphatic carbocycles. The van der Waals surface area contributed by atoms with Gasteiger partial charge in [0.15, 0.2) is 5.65 Å². The van der Waals surface area contributed by atoms with Gasteiger partial charge in [-0.15, -0.1) is 0 Å². The van der Waals surface area contributed by atoms with Crippen molar-refractivity contribution in [2.75, 3.05) is 18.0 Å². The van der Waals surface area contributed by atoms with E-state index >= 15 is 0 Å². The van der Waals surface area contributed by atoms with Crippen molar-refractivity contribution in [2.45, 2.75) is 37.5 Å². The van der Waals surface area contributed by atoms with Gasteiger partial charge in [0.2, 0.25) is 0 Å². The smallest absolute Gasteiger partial charge is 0.269 e. The molecule has 3 aromatic heterocycles. The Labute approximate surface area is 288 Å². The monoisotopic (exact) mass is 698 g/mol. The number of hydrogen-bond acceptors (Lipinski definition) is 6. The second-order valence-electron chi connectivity index (χ2n) is 12.0. The maximum atomic E-state index is 14.0. The molecule has 7 rings (SSSR count). The zero-order valence-electron chi connectivity index (χ0n) is 26.1. The summed E-state index contributed by atoms with van der Waals surface area (Å²) >= 11 is 12.3. The molecule has 48 heavy (non-hydrogen) atoms. The Hall–Kier alpha value is -4.41. The van der Waals surface area contributed by atoms with Crippen LogP contribution in [0.4, 0.5) is 5.69 Å². The molecule has 4 heterocycles. The van der Waals surface area contributed by atoms with E-state index in [9.17, 15) is 13.2 Å². The van der Waals surface area contributed by atoms with Gasteiger partial charge in [-0.3, -0.25) is 4.79 Å². The number of aryl methyl sites for hydroxylation is 1. The van der Waals surface area contributed by atoms with Crippen molar-refractivity contribution in [1.82, 2.24) is 13.5 Å². The fourth-order valence-corrected chi connectivity index (χ4v) is 7.65. The Morgan fingerprint density at radius 3 is 2.46 bits per heavy atom. The van der Waals surface area contributed by atoms with E-state index in [1.807, 2.05) is 55.5 Å². The Kier molecular flexibility index (Phi) is 8.87. The van der Waals surface area contributed by atoms with E-state index in [4.69, 9.17) is 32.9 Å². The van der Waals surface area contributed by atoms with Crippen molar-refractivity contribution in [3.05, 3.63) is 147 Å². The number of hydrogen-bond donors (Lipinski definition) is 0. The zero-order valence-corrected chi connectivity index (χ0v) is 28.4. The van der Waals surface area contributed by atoms with Crippen LogP contribution in [0.25, 0.3) is 22.2 Å². The number of fused-ring (bicyclic) bond motifs is 1. The molecule has 1 atom stereocenters. The molecule has 0 N–H and O–H groups in total. The van der Waals surface area contributed by atoms with Crippen LogP contribution < -0.4 is 10.5 Å². The minimum Gasteiger partial charge on any atom is -0.372 e. The molecule has 0 bridgehead atoms. The topological polar surface area (TPSA) is 86.4 Å². The van der Waals surface area contributed by atoms with E-state index in [-0.39, 0.29) is 22.2 Å². The van der Waals surface area contributed by atoms with Crippen molar-refractivity contribution in [2.24, 2.45) is 0 Å². The van der Waals surface area contributed by atoms with E-state index in [0.29, 0.717) is 46.3 Å². The normalized spacial score (nSPS) is 15.0. The first-order valence-corrected chi connectivity index (χ1v) is 17.7. The molecule has 0 spiro atoms. The summed E-state index contributed by atoms with van der Waals surface area (Å²) in [6.45, 7) is 4.20. The van der Waals surface area contributed by atoms with Crippen LogP contribution in [-0.4, -0.2) is 41.1 Å². The highest BCUT2D eigenvalue weighted by Gasteiger charge is 2.27. The first kappa shape index (κ1) is 32.2. The summed E-state index contributed by atoms with van der Waals surface area (Å²) in [5, 5.41) is 1.48. The SMILES string of the molecule is Cc1ccc(S(=O)(=O)n2cc(-c3ccn(Cc4ccc(Cl)c(Cl)c4)c(=O)c3)c3cc(N4CCC(OCc5ccccc5)C4)cnc32)cc1. The van der Waals surface area contributed by atoms with Crippen molar-refractivity contribution < 1.29 is 13.2 Å². The molecule has 6 aromatic rings. The van der Waals surface area contributed by atoms with Crippen LogP contribution in [0.5, 0.6) is 0 Å². The third kappa shape index (κ3) is 6.51. The number of anilines is 1. The molecule has 244 valence electrons. The van der Waals surface area contributed by atoms with Crippen LogP contribution in [0, 0.1) is 6.92 Å². The number of benzene rings is 3. The molecule has 0 saturated carbocycles. The van der Waals surface area contributed by atoms with E-state index < -0.39 is 10.0 Å². The standard InChI is InChI=1S/C37H32Cl2N4O4S/c1-25-7-10-31(11-8-25)48(45,46)43-23-33(28-13-15-42(36(44)18-28)21-27-9-12-34(38)35(39)17-27)32-19-29(20-40-37(32)43)41-16-14-30(22-41)47-24-26-5-3-2-4-6-26/h2-13,15,17-20,23,30H,14,16,21-22,24H2,1H3. The van der Waals surface area contributed by atoms with Gasteiger partial charge in [-0.25, -0.2) is 17.4 Å². The Morgan fingerprint density at radius 2 is 1.71 bits per heavy atom. The van der Waals surface area contributed by atoms with Crippen molar-refractivity contribution in [3.8, 4) is 11.1 Å². The predicted molar refractivity (Wildman–Crippen MR) is 191 cm³/mol. The number of aromatic nitrogens is 3. The van der Waals surface area contributed by atoms with Crippen LogP contribution in [0.2, 0.25) is 10.0 Å².